The van der Waals surface area contributed by atoms with E-state index in [1.54, 1.807) is 0 Å². The van der Waals surface area contributed by atoms with Gasteiger partial charge in [-0.1, -0.05) is 13.8 Å². The highest BCUT2D eigenvalue weighted by Crippen LogP contribution is 2.17. The van der Waals surface area contributed by atoms with Crippen molar-refractivity contribution in [2.45, 2.75) is 39.3 Å². The molecule has 0 aliphatic carbocycles. The molecule has 0 bridgehead atoms. The van der Waals surface area contributed by atoms with E-state index in [0.717, 1.165) is 12.6 Å². The number of hydrogen-bond acceptors (Lipinski definition) is 3. The molecule has 3 heteroatoms. The summed E-state index contributed by atoms with van der Waals surface area (Å²) in [5.41, 5.74) is 5.68. The minimum Gasteiger partial charge on any atom is -0.329 e. The molecule has 1 fully saturated rings. The number of rotatable bonds is 5. The Labute approximate surface area is 88.2 Å². The second kappa shape index (κ2) is 5.69. The van der Waals surface area contributed by atoms with Gasteiger partial charge in [-0.3, -0.25) is 9.80 Å². The first-order valence-corrected chi connectivity index (χ1v) is 5.91. The highest BCUT2D eigenvalue weighted by Gasteiger charge is 2.28. The van der Waals surface area contributed by atoms with Gasteiger partial charge in [0.25, 0.3) is 0 Å². The van der Waals surface area contributed by atoms with E-state index in [1.807, 2.05) is 0 Å². The molecule has 0 aromatic rings. The topological polar surface area (TPSA) is 32.5 Å². The molecular formula is C11H25N3. The van der Waals surface area contributed by atoms with Crippen molar-refractivity contribution < 1.29 is 0 Å². The van der Waals surface area contributed by atoms with E-state index >= 15 is 0 Å². The zero-order valence-corrected chi connectivity index (χ0v) is 9.87. The molecule has 0 radical (unpaired) electrons. The molecule has 84 valence electrons. The SMILES string of the molecule is CCN(CC)C1CCN(C(C)CN)C1. The molecule has 0 amide bonds. The van der Waals surface area contributed by atoms with Gasteiger partial charge >= 0.3 is 0 Å². The van der Waals surface area contributed by atoms with Gasteiger partial charge in [-0.05, 0) is 26.4 Å². The van der Waals surface area contributed by atoms with Crippen LogP contribution in [0.5, 0.6) is 0 Å². The Bertz CT molecular complexity index is 157. The van der Waals surface area contributed by atoms with Gasteiger partial charge in [0.15, 0.2) is 0 Å². The molecule has 1 saturated heterocycles. The predicted octanol–water partition coefficient (Wildman–Crippen LogP) is 0.750. The molecule has 0 aromatic heterocycles. The zero-order chi connectivity index (χ0) is 10.6. The smallest absolute Gasteiger partial charge is 0.0235 e. The Kier molecular flexibility index (Phi) is 4.85. The van der Waals surface area contributed by atoms with E-state index in [2.05, 4.69) is 30.6 Å². The molecule has 2 unspecified atom stereocenters. The Morgan fingerprint density at radius 3 is 2.57 bits per heavy atom. The number of nitrogens with zero attached hydrogens (tertiary/aromatic N) is 2. The summed E-state index contributed by atoms with van der Waals surface area (Å²) in [5, 5.41) is 0. The van der Waals surface area contributed by atoms with E-state index in [-0.39, 0.29) is 0 Å². The molecule has 2 atom stereocenters. The molecule has 1 aliphatic heterocycles. The van der Waals surface area contributed by atoms with Gasteiger partial charge in [-0.2, -0.15) is 0 Å². The molecular weight excluding hydrogens is 174 g/mol. The normalized spacial score (nSPS) is 25.9. The third-order valence-corrected chi connectivity index (χ3v) is 3.49. The van der Waals surface area contributed by atoms with Crippen LogP contribution in [-0.4, -0.2) is 54.6 Å². The van der Waals surface area contributed by atoms with Crippen LogP contribution in [0.15, 0.2) is 0 Å². The lowest BCUT2D eigenvalue weighted by Crippen LogP contribution is -2.41. The van der Waals surface area contributed by atoms with E-state index in [4.69, 9.17) is 5.73 Å². The van der Waals surface area contributed by atoms with Crippen LogP contribution in [0.1, 0.15) is 27.2 Å². The molecule has 0 aromatic carbocycles. The van der Waals surface area contributed by atoms with Gasteiger partial charge in [-0.25, -0.2) is 0 Å². The highest BCUT2D eigenvalue weighted by molar-refractivity contribution is 4.85. The summed E-state index contributed by atoms with van der Waals surface area (Å²) in [5.74, 6) is 0. The van der Waals surface area contributed by atoms with Crippen molar-refractivity contribution in [3.63, 3.8) is 0 Å². The fourth-order valence-electron chi connectivity index (χ4n) is 2.36. The van der Waals surface area contributed by atoms with Crippen LogP contribution in [0.2, 0.25) is 0 Å². The van der Waals surface area contributed by atoms with Crippen LogP contribution in [0, 0.1) is 0 Å². The minimum absolute atomic E-state index is 0.551. The summed E-state index contributed by atoms with van der Waals surface area (Å²) in [7, 11) is 0. The highest BCUT2D eigenvalue weighted by atomic mass is 15.3. The summed E-state index contributed by atoms with van der Waals surface area (Å²) < 4.78 is 0. The van der Waals surface area contributed by atoms with Gasteiger partial charge in [-0.15, -0.1) is 0 Å². The fourth-order valence-corrected chi connectivity index (χ4v) is 2.36. The predicted molar refractivity (Wildman–Crippen MR) is 61.4 cm³/mol. The molecule has 1 heterocycles. The van der Waals surface area contributed by atoms with E-state index < -0.39 is 0 Å². The van der Waals surface area contributed by atoms with Crippen molar-refractivity contribution in [1.29, 1.82) is 0 Å². The van der Waals surface area contributed by atoms with Gasteiger partial charge < -0.3 is 5.73 Å². The summed E-state index contributed by atoms with van der Waals surface area (Å²) in [6.07, 6.45) is 1.31. The fraction of sp³-hybridized carbons (Fsp3) is 1.00. The van der Waals surface area contributed by atoms with Gasteiger partial charge in [0.2, 0.25) is 0 Å². The molecule has 0 spiro atoms. The third kappa shape index (κ3) is 2.69. The maximum absolute atomic E-state index is 5.68. The molecule has 14 heavy (non-hydrogen) atoms. The van der Waals surface area contributed by atoms with Crippen molar-refractivity contribution in [1.82, 2.24) is 9.80 Å². The van der Waals surface area contributed by atoms with Gasteiger partial charge in [0.1, 0.15) is 0 Å². The number of nitrogens with two attached hydrogens (primary N) is 1. The van der Waals surface area contributed by atoms with Crippen LogP contribution in [-0.2, 0) is 0 Å². The number of likely N-dealkylation sites (tertiary alicyclic amines) is 1. The second-order valence-corrected chi connectivity index (χ2v) is 4.24. The van der Waals surface area contributed by atoms with Crippen LogP contribution in [0.4, 0.5) is 0 Å². The van der Waals surface area contributed by atoms with E-state index in [9.17, 15) is 0 Å². The van der Waals surface area contributed by atoms with Gasteiger partial charge in [0, 0.05) is 31.7 Å². The Morgan fingerprint density at radius 2 is 2.07 bits per heavy atom. The largest absolute Gasteiger partial charge is 0.329 e. The van der Waals surface area contributed by atoms with Gasteiger partial charge in [0.05, 0.1) is 0 Å². The molecule has 0 saturated carbocycles. The first-order chi connectivity index (χ1) is 6.72. The maximum Gasteiger partial charge on any atom is 0.0235 e. The lowest BCUT2D eigenvalue weighted by atomic mass is 10.2. The number of hydrogen-bond donors (Lipinski definition) is 1. The van der Waals surface area contributed by atoms with Crippen molar-refractivity contribution >= 4 is 0 Å². The lowest BCUT2D eigenvalue weighted by molar-refractivity contribution is 0.195. The summed E-state index contributed by atoms with van der Waals surface area (Å²) in [4.78, 5) is 5.08. The van der Waals surface area contributed by atoms with Crippen LogP contribution in [0.25, 0.3) is 0 Å². The zero-order valence-electron chi connectivity index (χ0n) is 9.87. The second-order valence-electron chi connectivity index (χ2n) is 4.24. The number of likely N-dealkylation sites (N-methyl/N-ethyl adjacent to an activating group) is 1. The molecule has 2 N–H and O–H groups in total. The van der Waals surface area contributed by atoms with Crippen molar-refractivity contribution in [3.05, 3.63) is 0 Å². The Balaban J connectivity index is 2.39. The first-order valence-electron chi connectivity index (χ1n) is 5.91. The molecule has 1 rings (SSSR count). The van der Waals surface area contributed by atoms with Crippen LogP contribution >= 0.6 is 0 Å². The molecule has 3 nitrogen and oxygen atoms in total. The van der Waals surface area contributed by atoms with Crippen LogP contribution in [0.3, 0.4) is 0 Å². The average molecular weight is 199 g/mol. The third-order valence-electron chi connectivity index (χ3n) is 3.49. The van der Waals surface area contributed by atoms with Crippen molar-refractivity contribution in [2.75, 3.05) is 32.7 Å². The Hall–Kier alpha value is -0.120. The van der Waals surface area contributed by atoms with Crippen LogP contribution < -0.4 is 5.73 Å². The average Bonchev–Trinajstić information content (AvgIpc) is 2.68. The standard InChI is InChI=1S/C11H25N3/c1-4-13(5-2)11-6-7-14(9-11)10(3)8-12/h10-11H,4-9,12H2,1-3H3. The summed E-state index contributed by atoms with van der Waals surface area (Å²) in [6.45, 7) is 12.3. The van der Waals surface area contributed by atoms with E-state index in [0.29, 0.717) is 6.04 Å². The first kappa shape index (κ1) is 12.0. The summed E-state index contributed by atoms with van der Waals surface area (Å²) in [6, 6.07) is 1.31. The Morgan fingerprint density at radius 1 is 1.43 bits per heavy atom. The van der Waals surface area contributed by atoms with Crippen molar-refractivity contribution in [3.8, 4) is 0 Å². The monoisotopic (exact) mass is 199 g/mol. The molecule has 1 aliphatic rings. The maximum atomic E-state index is 5.68. The van der Waals surface area contributed by atoms with E-state index in [1.165, 1.54) is 32.6 Å². The summed E-state index contributed by atoms with van der Waals surface area (Å²) >= 11 is 0. The van der Waals surface area contributed by atoms with Crippen molar-refractivity contribution in [2.24, 2.45) is 5.73 Å². The minimum atomic E-state index is 0.551. The quantitative estimate of drug-likeness (QED) is 0.709. The lowest BCUT2D eigenvalue weighted by Gasteiger charge is -2.28.